The van der Waals surface area contributed by atoms with Crippen LogP contribution in [-0.2, 0) is 0 Å². The third-order valence-corrected chi connectivity index (χ3v) is 3.44. The average molecular weight is 254 g/mol. The standard InChI is InChI=1S/C14H23FN2O/c1-14(11-18,16-2)9-6-10-17(3)13-8-5-4-7-12(13)15/h4-5,7-8,16,18H,6,9-11H2,1-3H3. The molecule has 3 nitrogen and oxygen atoms in total. The van der Waals surface area contributed by atoms with Gasteiger partial charge >= 0.3 is 0 Å². The van der Waals surface area contributed by atoms with E-state index in [1.165, 1.54) is 6.07 Å². The van der Waals surface area contributed by atoms with E-state index in [4.69, 9.17) is 0 Å². The highest BCUT2D eigenvalue weighted by Crippen LogP contribution is 2.18. The maximum Gasteiger partial charge on any atom is 0.146 e. The number of halogens is 1. The Morgan fingerprint density at radius 2 is 2.06 bits per heavy atom. The monoisotopic (exact) mass is 254 g/mol. The maximum absolute atomic E-state index is 13.5. The van der Waals surface area contributed by atoms with Crippen molar-refractivity contribution in [2.24, 2.45) is 0 Å². The summed E-state index contributed by atoms with van der Waals surface area (Å²) < 4.78 is 13.5. The molecule has 0 aliphatic heterocycles. The number of aliphatic hydroxyl groups is 1. The molecule has 1 rings (SSSR count). The van der Waals surface area contributed by atoms with E-state index in [2.05, 4.69) is 5.32 Å². The maximum atomic E-state index is 13.5. The summed E-state index contributed by atoms with van der Waals surface area (Å²) in [6, 6.07) is 6.77. The molecule has 1 unspecified atom stereocenters. The second-order valence-electron chi connectivity index (χ2n) is 4.95. The van der Waals surface area contributed by atoms with Gasteiger partial charge in [0, 0.05) is 19.1 Å². The van der Waals surface area contributed by atoms with E-state index in [0.29, 0.717) is 5.69 Å². The predicted octanol–water partition coefficient (Wildman–Crippen LogP) is 2.01. The third kappa shape index (κ3) is 3.96. The van der Waals surface area contributed by atoms with Gasteiger partial charge in [0.15, 0.2) is 0 Å². The first-order chi connectivity index (χ1) is 8.52. The summed E-state index contributed by atoms with van der Waals surface area (Å²) in [4.78, 5) is 1.91. The minimum Gasteiger partial charge on any atom is -0.394 e. The van der Waals surface area contributed by atoms with E-state index in [1.54, 1.807) is 12.1 Å². The number of aliphatic hydroxyl groups excluding tert-OH is 1. The first-order valence-electron chi connectivity index (χ1n) is 6.28. The van der Waals surface area contributed by atoms with Crippen molar-refractivity contribution in [3.8, 4) is 0 Å². The van der Waals surface area contributed by atoms with E-state index in [9.17, 15) is 9.50 Å². The van der Waals surface area contributed by atoms with E-state index < -0.39 is 0 Å². The van der Waals surface area contributed by atoms with Crippen LogP contribution in [0.3, 0.4) is 0 Å². The fraction of sp³-hybridized carbons (Fsp3) is 0.571. The molecule has 2 N–H and O–H groups in total. The second-order valence-corrected chi connectivity index (χ2v) is 4.95. The lowest BCUT2D eigenvalue weighted by Crippen LogP contribution is -2.43. The van der Waals surface area contributed by atoms with Crippen LogP contribution in [0.2, 0.25) is 0 Å². The van der Waals surface area contributed by atoms with Gasteiger partial charge < -0.3 is 15.3 Å². The Morgan fingerprint density at radius 3 is 2.61 bits per heavy atom. The molecule has 0 saturated carbocycles. The summed E-state index contributed by atoms with van der Waals surface area (Å²) in [6.07, 6.45) is 1.74. The van der Waals surface area contributed by atoms with Gasteiger partial charge in [-0.3, -0.25) is 0 Å². The Hall–Kier alpha value is -1.13. The molecule has 0 amide bonds. The van der Waals surface area contributed by atoms with Gasteiger partial charge in [0.1, 0.15) is 5.82 Å². The zero-order chi connectivity index (χ0) is 13.6. The number of likely N-dealkylation sites (N-methyl/N-ethyl adjacent to an activating group) is 1. The van der Waals surface area contributed by atoms with Crippen LogP contribution < -0.4 is 10.2 Å². The van der Waals surface area contributed by atoms with Crippen molar-refractivity contribution in [2.45, 2.75) is 25.3 Å². The van der Waals surface area contributed by atoms with Gasteiger partial charge in [-0.05, 0) is 38.9 Å². The smallest absolute Gasteiger partial charge is 0.146 e. The predicted molar refractivity (Wildman–Crippen MR) is 73.5 cm³/mol. The van der Waals surface area contributed by atoms with Crippen molar-refractivity contribution in [3.05, 3.63) is 30.1 Å². The zero-order valence-electron chi connectivity index (χ0n) is 11.4. The molecule has 0 radical (unpaired) electrons. The van der Waals surface area contributed by atoms with Crippen molar-refractivity contribution in [2.75, 3.05) is 32.1 Å². The number of benzene rings is 1. The zero-order valence-corrected chi connectivity index (χ0v) is 11.4. The van der Waals surface area contributed by atoms with Crippen molar-refractivity contribution in [1.82, 2.24) is 5.32 Å². The molecule has 1 aromatic carbocycles. The lowest BCUT2D eigenvalue weighted by atomic mass is 9.97. The van der Waals surface area contributed by atoms with Crippen LogP contribution in [0, 0.1) is 5.82 Å². The van der Waals surface area contributed by atoms with Gasteiger partial charge in [-0.25, -0.2) is 4.39 Å². The number of anilines is 1. The van der Waals surface area contributed by atoms with Crippen molar-refractivity contribution in [1.29, 1.82) is 0 Å². The molecule has 0 saturated heterocycles. The number of nitrogens with one attached hydrogen (secondary N) is 1. The van der Waals surface area contributed by atoms with Crippen LogP contribution in [0.4, 0.5) is 10.1 Å². The van der Waals surface area contributed by atoms with Crippen LogP contribution in [-0.4, -0.2) is 37.9 Å². The minimum absolute atomic E-state index is 0.104. The van der Waals surface area contributed by atoms with Gasteiger partial charge in [-0.2, -0.15) is 0 Å². The number of hydrogen-bond donors (Lipinski definition) is 2. The van der Waals surface area contributed by atoms with Gasteiger partial charge in [-0.15, -0.1) is 0 Å². The van der Waals surface area contributed by atoms with Gasteiger partial charge in [0.05, 0.1) is 12.3 Å². The molecular formula is C14H23FN2O. The van der Waals surface area contributed by atoms with Crippen LogP contribution in [0.15, 0.2) is 24.3 Å². The quantitative estimate of drug-likeness (QED) is 0.781. The van der Waals surface area contributed by atoms with Gasteiger partial charge in [0.25, 0.3) is 0 Å². The van der Waals surface area contributed by atoms with Crippen molar-refractivity contribution in [3.63, 3.8) is 0 Å². The Morgan fingerprint density at radius 1 is 1.39 bits per heavy atom. The van der Waals surface area contributed by atoms with E-state index >= 15 is 0 Å². The van der Waals surface area contributed by atoms with E-state index in [-0.39, 0.29) is 18.0 Å². The van der Waals surface area contributed by atoms with Crippen LogP contribution in [0.25, 0.3) is 0 Å². The van der Waals surface area contributed by atoms with Crippen LogP contribution in [0.5, 0.6) is 0 Å². The molecule has 1 atom stereocenters. The molecular weight excluding hydrogens is 231 g/mol. The number of nitrogens with zero attached hydrogens (tertiary/aromatic N) is 1. The molecule has 102 valence electrons. The molecule has 1 aromatic rings. The summed E-state index contributed by atoms with van der Waals surface area (Å²) in [5.74, 6) is -0.196. The van der Waals surface area contributed by atoms with Gasteiger partial charge in [-0.1, -0.05) is 12.1 Å². The SMILES string of the molecule is CNC(C)(CO)CCCN(C)c1ccccc1F. The highest BCUT2D eigenvalue weighted by molar-refractivity contribution is 5.46. The van der Waals surface area contributed by atoms with Crippen molar-refractivity contribution >= 4 is 5.69 Å². The minimum atomic E-state index is -0.254. The Kier molecular flexibility index (Phi) is 5.56. The largest absolute Gasteiger partial charge is 0.394 e. The molecule has 0 fully saturated rings. The molecule has 0 aliphatic rings. The molecule has 4 heteroatoms. The highest BCUT2D eigenvalue weighted by atomic mass is 19.1. The normalized spacial score (nSPS) is 14.3. The molecule has 0 aromatic heterocycles. The summed E-state index contributed by atoms with van der Waals surface area (Å²) in [6.45, 7) is 2.85. The summed E-state index contributed by atoms with van der Waals surface area (Å²) in [5.41, 5.74) is 0.364. The van der Waals surface area contributed by atoms with E-state index in [1.807, 2.05) is 32.0 Å². The molecule has 0 aliphatic carbocycles. The lowest BCUT2D eigenvalue weighted by Gasteiger charge is -2.28. The highest BCUT2D eigenvalue weighted by Gasteiger charge is 2.20. The van der Waals surface area contributed by atoms with Crippen LogP contribution >= 0.6 is 0 Å². The molecule has 0 spiro atoms. The Balaban J connectivity index is 2.47. The number of para-hydroxylation sites is 1. The molecule has 0 heterocycles. The Labute approximate surface area is 109 Å². The fourth-order valence-electron chi connectivity index (χ4n) is 1.87. The fourth-order valence-corrected chi connectivity index (χ4v) is 1.87. The first-order valence-corrected chi connectivity index (χ1v) is 6.28. The van der Waals surface area contributed by atoms with Crippen molar-refractivity contribution < 1.29 is 9.50 Å². The summed E-state index contributed by atoms with van der Waals surface area (Å²) >= 11 is 0. The summed E-state index contributed by atoms with van der Waals surface area (Å²) in [7, 11) is 3.73. The topological polar surface area (TPSA) is 35.5 Å². The molecule has 18 heavy (non-hydrogen) atoms. The Bertz CT molecular complexity index is 367. The number of rotatable bonds is 7. The van der Waals surface area contributed by atoms with Gasteiger partial charge in [0.2, 0.25) is 0 Å². The third-order valence-electron chi connectivity index (χ3n) is 3.44. The second kappa shape index (κ2) is 6.71. The first kappa shape index (κ1) is 14.9. The lowest BCUT2D eigenvalue weighted by molar-refractivity contribution is 0.172. The average Bonchev–Trinajstić information content (AvgIpc) is 2.39. The van der Waals surface area contributed by atoms with E-state index in [0.717, 1.165) is 19.4 Å². The molecule has 0 bridgehead atoms. The summed E-state index contributed by atoms with van der Waals surface area (Å²) in [5, 5.41) is 12.4. The van der Waals surface area contributed by atoms with Crippen LogP contribution in [0.1, 0.15) is 19.8 Å². The number of hydrogen-bond acceptors (Lipinski definition) is 3.